The molecule has 1 aliphatic carbocycles. The summed E-state index contributed by atoms with van der Waals surface area (Å²) in [4.78, 5) is 7.03. The summed E-state index contributed by atoms with van der Waals surface area (Å²) in [6.45, 7) is 3.01. The van der Waals surface area contributed by atoms with Crippen molar-refractivity contribution in [1.82, 2.24) is 29.8 Å². The minimum Gasteiger partial charge on any atom is -0.339 e. The average molecular weight is 363 g/mol. The Labute approximate surface area is 159 Å². The summed E-state index contributed by atoms with van der Waals surface area (Å²) in [6, 6.07) is 10.1. The summed E-state index contributed by atoms with van der Waals surface area (Å²) in [5.41, 5.74) is 0.992. The molecule has 0 bridgehead atoms. The van der Waals surface area contributed by atoms with Gasteiger partial charge in [-0.15, -0.1) is 0 Å². The molecule has 2 aliphatic rings. The molecule has 0 spiro atoms. The summed E-state index contributed by atoms with van der Waals surface area (Å²) < 4.78 is 4.22. The molecular formula is C20H25N7. The summed E-state index contributed by atoms with van der Waals surface area (Å²) >= 11 is 0. The van der Waals surface area contributed by atoms with Crippen LogP contribution in [0.5, 0.6) is 0 Å². The van der Waals surface area contributed by atoms with E-state index in [2.05, 4.69) is 31.2 Å². The molecule has 2 aromatic heterocycles. The highest BCUT2D eigenvalue weighted by Crippen LogP contribution is 2.32. The number of aromatic nitrogens is 6. The van der Waals surface area contributed by atoms with Crippen LogP contribution in [0, 0.1) is 5.92 Å². The first-order valence-corrected chi connectivity index (χ1v) is 9.98. The van der Waals surface area contributed by atoms with Gasteiger partial charge in [-0.25, -0.2) is 4.98 Å². The number of benzene rings is 1. The number of nitrogens with zero attached hydrogens (tertiary/aromatic N) is 7. The van der Waals surface area contributed by atoms with Crippen LogP contribution in [-0.2, 0) is 6.54 Å². The number of imidazole rings is 1. The average Bonchev–Trinajstić information content (AvgIpc) is 3.35. The third-order valence-electron chi connectivity index (χ3n) is 5.95. The van der Waals surface area contributed by atoms with Crippen molar-refractivity contribution in [2.75, 3.05) is 18.0 Å². The van der Waals surface area contributed by atoms with Crippen molar-refractivity contribution < 1.29 is 0 Å². The molecule has 7 heteroatoms. The van der Waals surface area contributed by atoms with Gasteiger partial charge in [-0.2, -0.15) is 4.68 Å². The molecule has 1 atom stereocenters. The Bertz CT molecular complexity index is 881. The fraction of sp³-hybridized carbons (Fsp3) is 0.500. The van der Waals surface area contributed by atoms with Gasteiger partial charge in [0.25, 0.3) is 0 Å². The highest BCUT2D eigenvalue weighted by atomic mass is 15.6. The first-order valence-electron chi connectivity index (χ1n) is 9.98. The topological polar surface area (TPSA) is 64.7 Å². The number of piperidine rings is 1. The van der Waals surface area contributed by atoms with Crippen LogP contribution >= 0.6 is 0 Å². The number of hydrogen-bond acceptors (Lipinski definition) is 5. The van der Waals surface area contributed by atoms with Gasteiger partial charge >= 0.3 is 0 Å². The fourth-order valence-electron chi connectivity index (χ4n) is 4.27. The summed E-state index contributed by atoms with van der Waals surface area (Å²) in [6.07, 6.45) is 10.5. The third kappa shape index (κ3) is 3.22. The maximum Gasteiger partial charge on any atom is 0.250 e. The van der Waals surface area contributed by atoms with Crippen LogP contribution in [0.3, 0.4) is 0 Å². The molecule has 1 saturated heterocycles. The molecule has 0 radical (unpaired) electrons. The van der Waals surface area contributed by atoms with Crippen LogP contribution in [0.15, 0.2) is 42.7 Å². The van der Waals surface area contributed by atoms with Gasteiger partial charge in [0.1, 0.15) is 5.82 Å². The fourth-order valence-corrected chi connectivity index (χ4v) is 4.27. The molecule has 140 valence electrons. The Hall–Kier alpha value is -2.70. The zero-order chi connectivity index (χ0) is 18.1. The molecule has 3 aromatic rings. The second-order valence-electron chi connectivity index (χ2n) is 7.75. The van der Waals surface area contributed by atoms with E-state index in [9.17, 15) is 0 Å². The van der Waals surface area contributed by atoms with Gasteiger partial charge in [0.15, 0.2) is 0 Å². The highest BCUT2D eigenvalue weighted by molar-refractivity contribution is 5.41. The van der Waals surface area contributed by atoms with Crippen molar-refractivity contribution in [2.45, 2.75) is 44.6 Å². The highest BCUT2D eigenvalue weighted by Gasteiger charge is 2.29. The lowest BCUT2D eigenvalue weighted by Gasteiger charge is -2.33. The zero-order valence-corrected chi connectivity index (χ0v) is 15.5. The first kappa shape index (κ1) is 16.5. The molecule has 0 amide bonds. The van der Waals surface area contributed by atoms with Crippen molar-refractivity contribution >= 4 is 5.95 Å². The minimum atomic E-state index is 0.426. The van der Waals surface area contributed by atoms with Crippen molar-refractivity contribution in [3.63, 3.8) is 0 Å². The van der Waals surface area contributed by atoms with Gasteiger partial charge in [0.2, 0.25) is 5.95 Å². The summed E-state index contributed by atoms with van der Waals surface area (Å²) in [5.74, 6) is 3.31. The quantitative estimate of drug-likeness (QED) is 0.697. The van der Waals surface area contributed by atoms with Crippen LogP contribution in [0.2, 0.25) is 0 Å². The van der Waals surface area contributed by atoms with Crippen LogP contribution in [0.1, 0.15) is 43.8 Å². The van der Waals surface area contributed by atoms with Crippen molar-refractivity contribution in [2.24, 2.45) is 5.92 Å². The van der Waals surface area contributed by atoms with Gasteiger partial charge in [0.05, 0.1) is 5.69 Å². The van der Waals surface area contributed by atoms with Crippen LogP contribution in [0.4, 0.5) is 5.95 Å². The molecule has 1 aliphatic heterocycles. The maximum atomic E-state index is 4.73. The number of anilines is 1. The zero-order valence-electron chi connectivity index (χ0n) is 15.5. The molecule has 1 saturated carbocycles. The van der Waals surface area contributed by atoms with E-state index >= 15 is 0 Å². The second kappa shape index (κ2) is 7.13. The van der Waals surface area contributed by atoms with Gasteiger partial charge < -0.3 is 9.47 Å². The largest absolute Gasteiger partial charge is 0.339 e. The van der Waals surface area contributed by atoms with Crippen LogP contribution in [0.25, 0.3) is 5.69 Å². The van der Waals surface area contributed by atoms with E-state index in [-0.39, 0.29) is 0 Å². The molecule has 7 nitrogen and oxygen atoms in total. The van der Waals surface area contributed by atoms with Crippen LogP contribution < -0.4 is 4.90 Å². The molecule has 1 unspecified atom stereocenters. The van der Waals surface area contributed by atoms with Gasteiger partial charge in [0, 0.05) is 37.9 Å². The Morgan fingerprint density at radius 1 is 1.04 bits per heavy atom. The molecule has 3 heterocycles. The Morgan fingerprint density at radius 2 is 1.93 bits per heavy atom. The monoisotopic (exact) mass is 363 g/mol. The molecule has 5 rings (SSSR count). The number of rotatable bonds is 5. The van der Waals surface area contributed by atoms with E-state index in [1.54, 1.807) is 0 Å². The first-order chi connectivity index (χ1) is 13.4. The second-order valence-corrected chi connectivity index (χ2v) is 7.75. The standard InChI is InChI=1S/C20H25N7/c1-2-9-18(10-3-1)27-20(22-23-24-27)26-12-5-8-17(15-26)19-21-11-13-25(19)14-16-6-4-7-16/h1-3,9-11,13,16-17H,4-8,12,14-15H2. The Morgan fingerprint density at radius 3 is 2.74 bits per heavy atom. The molecular weight excluding hydrogens is 338 g/mol. The number of tetrazole rings is 1. The maximum absolute atomic E-state index is 4.73. The van der Waals surface area contributed by atoms with Crippen molar-refractivity contribution in [3.8, 4) is 5.69 Å². The van der Waals surface area contributed by atoms with Gasteiger partial charge in [-0.05, 0) is 54.2 Å². The van der Waals surface area contributed by atoms with E-state index in [1.807, 2.05) is 41.2 Å². The van der Waals surface area contributed by atoms with Crippen LogP contribution in [-0.4, -0.2) is 42.8 Å². The van der Waals surface area contributed by atoms with Crippen molar-refractivity contribution in [1.29, 1.82) is 0 Å². The Balaban J connectivity index is 1.37. The number of para-hydroxylation sites is 1. The lowest BCUT2D eigenvalue weighted by Crippen LogP contribution is -2.37. The summed E-state index contributed by atoms with van der Waals surface area (Å²) in [7, 11) is 0. The molecule has 1 aromatic carbocycles. The SMILES string of the molecule is c1ccc(-n2nnnc2N2CCCC(c3nccn3CC3CCC3)C2)cc1. The summed E-state index contributed by atoms with van der Waals surface area (Å²) in [5, 5.41) is 12.5. The minimum absolute atomic E-state index is 0.426. The lowest BCUT2D eigenvalue weighted by molar-refractivity contribution is 0.270. The predicted octanol–water partition coefficient (Wildman–Crippen LogP) is 3.04. The molecule has 2 fully saturated rings. The third-order valence-corrected chi connectivity index (χ3v) is 5.95. The van der Waals surface area contributed by atoms with E-state index in [0.29, 0.717) is 5.92 Å². The smallest absolute Gasteiger partial charge is 0.250 e. The van der Waals surface area contributed by atoms with E-state index in [1.165, 1.54) is 31.5 Å². The van der Waals surface area contributed by atoms with E-state index in [0.717, 1.165) is 43.6 Å². The Kier molecular flexibility index (Phi) is 4.35. The predicted molar refractivity (Wildman–Crippen MR) is 103 cm³/mol. The molecule has 0 N–H and O–H groups in total. The van der Waals surface area contributed by atoms with Gasteiger partial charge in [-0.1, -0.05) is 29.7 Å². The van der Waals surface area contributed by atoms with Gasteiger partial charge in [-0.3, -0.25) is 0 Å². The lowest BCUT2D eigenvalue weighted by atomic mass is 9.85. The molecule has 27 heavy (non-hydrogen) atoms. The van der Waals surface area contributed by atoms with E-state index in [4.69, 9.17) is 4.98 Å². The normalized spacial score (nSPS) is 20.6. The van der Waals surface area contributed by atoms with E-state index < -0.39 is 0 Å². The number of hydrogen-bond donors (Lipinski definition) is 0. The van der Waals surface area contributed by atoms with Crippen molar-refractivity contribution in [3.05, 3.63) is 48.5 Å².